The van der Waals surface area contributed by atoms with Crippen molar-refractivity contribution in [2.45, 2.75) is 25.9 Å². The molecule has 0 radical (unpaired) electrons. The Hall–Kier alpha value is -1.77. The van der Waals surface area contributed by atoms with Crippen LogP contribution in [0.4, 0.5) is 13.2 Å². The van der Waals surface area contributed by atoms with Gasteiger partial charge in [0.1, 0.15) is 0 Å². The second-order valence-corrected chi connectivity index (χ2v) is 5.26. The number of hydrogen-bond donors (Lipinski definition) is 0. The molecule has 0 aliphatic carbocycles. The highest BCUT2D eigenvalue weighted by Gasteiger charge is 2.31. The molecule has 0 bridgehead atoms. The molecule has 3 heteroatoms. The summed E-state index contributed by atoms with van der Waals surface area (Å²) >= 11 is 0. The highest BCUT2D eigenvalue weighted by atomic mass is 19.4. The number of alkyl halides is 3. The topological polar surface area (TPSA) is 0 Å². The molecule has 0 N–H and O–H groups in total. The summed E-state index contributed by atoms with van der Waals surface area (Å²) in [4.78, 5) is 0. The van der Waals surface area contributed by atoms with E-state index in [0.29, 0.717) is 5.56 Å². The van der Waals surface area contributed by atoms with Crippen LogP contribution < -0.4 is 0 Å². The molecule has 0 saturated carbocycles. The lowest BCUT2D eigenvalue weighted by atomic mass is 9.82. The Morgan fingerprint density at radius 3 is 1.95 bits per heavy atom. The predicted octanol–water partition coefficient (Wildman–Crippen LogP) is 5.49. The van der Waals surface area contributed by atoms with Crippen LogP contribution in [-0.4, -0.2) is 0 Å². The van der Waals surface area contributed by atoms with Gasteiger partial charge in [-0.2, -0.15) is 13.2 Å². The van der Waals surface area contributed by atoms with Crippen molar-refractivity contribution in [3.63, 3.8) is 0 Å². The molecule has 0 aliphatic rings. The number of benzene rings is 2. The minimum Gasteiger partial charge on any atom is -0.166 e. The van der Waals surface area contributed by atoms with Crippen LogP contribution in [0.5, 0.6) is 0 Å². The van der Waals surface area contributed by atoms with E-state index in [1.807, 2.05) is 44.2 Å². The van der Waals surface area contributed by atoms with Crippen molar-refractivity contribution >= 4 is 0 Å². The monoisotopic (exact) mass is 278 g/mol. The zero-order chi connectivity index (χ0) is 14.8. The summed E-state index contributed by atoms with van der Waals surface area (Å²) < 4.78 is 38.5. The van der Waals surface area contributed by atoms with E-state index in [4.69, 9.17) is 0 Å². The van der Waals surface area contributed by atoms with E-state index >= 15 is 0 Å². The predicted molar refractivity (Wildman–Crippen MR) is 74.6 cm³/mol. The molecule has 0 amide bonds. The van der Waals surface area contributed by atoms with E-state index in [1.165, 1.54) is 12.1 Å². The third kappa shape index (κ3) is 3.21. The molecular weight excluding hydrogens is 261 g/mol. The largest absolute Gasteiger partial charge is 0.416 e. The first kappa shape index (κ1) is 14.6. The molecule has 106 valence electrons. The molecule has 2 aromatic rings. The molecule has 0 nitrogen and oxygen atoms in total. The van der Waals surface area contributed by atoms with Crippen LogP contribution in [0.2, 0.25) is 0 Å². The van der Waals surface area contributed by atoms with Crippen LogP contribution in [0.3, 0.4) is 0 Å². The van der Waals surface area contributed by atoms with Crippen LogP contribution in [-0.2, 0) is 6.18 Å². The van der Waals surface area contributed by atoms with Gasteiger partial charge in [0.05, 0.1) is 5.56 Å². The fourth-order valence-electron chi connectivity index (χ4n) is 2.53. The van der Waals surface area contributed by atoms with Gasteiger partial charge < -0.3 is 0 Å². The van der Waals surface area contributed by atoms with Gasteiger partial charge in [-0.15, -0.1) is 0 Å². The van der Waals surface area contributed by atoms with E-state index in [9.17, 15) is 13.2 Å². The van der Waals surface area contributed by atoms with Gasteiger partial charge in [0.25, 0.3) is 0 Å². The summed E-state index contributed by atoms with van der Waals surface area (Å²) in [7, 11) is 0. The summed E-state index contributed by atoms with van der Waals surface area (Å²) in [5.41, 5.74) is 1.17. The molecule has 1 unspecified atom stereocenters. The first-order valence-corrected chi connectivity index (χ1v) is 6.61. The van der Waals surface area contributed by atoms with Crippen molar-refractivity contribution in [1.82, 2.24) is 0 Å². The van der Waals surface area contributed by atoms with Gasteiger partial charge in [-0.25, -0.2) is 0 Å². The molecule has 2 rings (SSSR count). The maximum Gasteiger partial charge on any atom is 0.416 e. The van der Waals surface area contributed by atoms with Crippen LogP contribution in [0.1, 0.15) is 36.5 Å². The third-order valence-electron chi connectivity index (χ3n) is 3.40. The van der Waals surface area contributed by atoms with Gasteiger partial charge in [-0.05, 0) is 23.1 Å². The molecule has 1 atom stereocenters. The third-order valence-corrected chi connectivity index (χ3v) is 3.40. The minimum absolute atomic E-state index is 0.0292. The standard InChI is InChI=1S/C17H17F3/c1-12(2)16(13-7-4-3-5-8-13)14-9-6-10-15(11-14)17(18,19)20/h3-12,16H,1-2H3. The lowest BCUT2D eigenvalue weighted by Gasteiger charge is -2.23. The molecule has 0 fully saturated rings. The van der Waals surface area contributed by atoms with Crippen LogP contribution >= 0.6 is 0 Å². The first-order chi connectivity index (χ1) is 9.39. The van der Waals surface area contributed by atoms with Crippen molar-refractivity contribution in [2.24, 2.45) is 5.92 Å². The Kier molecular flexibility index (Phi) is 4.17. The molecule has 0 spiro atoms. The Labute approximate surface area is 117 Å². The molecule has 0 saturated heterocycles. The normalized spacial score (nSPS) is 13.5. The number of hydrogen-bond acceptors (Lipinski definition) is 0. The van der Waals surface area contributed by atoms with Crippen molar-refractivity contribution in [3.05, 3.63) is 71.3 Å². The van der Waals surface area contributed by atoms with E-state index in [0.717, 1.165) is 11.6 Å². The van der Waals surface area contributed by atoms with E-state index in [2.05, 4.69) is 0 Å². The lowest BCUT2D eigenvalue weighted by molar-refractivity contribution is -0.137. The SMILES string of the molecule is CC(C)C(c1ccccc1)c1cccc(C(F)(F)F)c1. The van der Waals surface area contributed by atoms with Gasteiger partial charge in [-0.1, -0.05) is 62.4 Å². The van der Waals surface area contributed by atoms with Crippen molar-refractivity contribution in [2.75, 3.05) is 0 Å². The van der Waals surface area contributed by atoms with Gasteiger partial charge in [0.2, 0.25) is 0 Å². The van der Waals surface area contributed by atoms with Crippen molar-refractivity contribution in [3.8, 4) is 0 Å². The second kappa shape index (κ2) is 5.70. The van der Waals surface area contributed by atoms with Crippen molar-refractivity contribution in [1.29, 1.82) is 0 Å². The molecule has 0 aromatic heterocycles. The molecule has 20 heavy (non-hydrogen) atoms. The Bertz CT molecular complexity index is 556. The molecule has 0 aliphatic heterocycles. The quantitative estimate of drug-likeness (QED) is 0.696. The van der Waals surface area contributed by atoms with Gasteiger partial charge in [0, 0.05) is 5.92 Å². The average molecular weight is 278 g/mol. The second-order valence-electron chi connectivity index (χ2n) is 5.26. The maximum atomic E-state index is 12.8. The van der Waals surface area contributed by atoms with Crippen molar-refractivity contribution < 1.29 is 13.2 Å². The zero-order valence-corrected chi connectivity index (χ0v) is 11.5. The van der Waals surface area contributed by atoms with E-state index in [-0.39, 0.29) is 11.8 Å². The fraction of sp³-hybridized carbons (Fsp3) is 0.294. The molecule has 2 aromatic carbocycles. The highest BCUT2D eigenvalue weighted by Crippen LogP contribution is 2.35. The lowest BCUT2D eigenvalue weighted by Crippen LogP contribution is -2.11. The number of rotatable bonds is 3. The Morgan fingerprint density at radius 2 is 1.40 bits per heavy atom. The summed E-state index contributed by atoms with van der Waals surface area (Å²) in [5.74, 6) is 0.194. The van der Waals surface area contributed by atoms with Crippen LogP contribution in [0.15, 0.2) is 54.6 Å². The minimum atomic E-state index is -4.30. The fourth-order valence-corrected chi connectivity index (χ4v) is 2.53. The molecular formula is C17H17F3. The van der Waals surface area contributed by atoms with Gasteiger partial charge in [0.15, 0.2) is 0 Å². The van der Waals surface area contributed by atoms with Crippen LogP contribution in [0, 0.1) is 5.92 Å². The van der Waals surface area contributed by atoms with Gasteiger partial charge in [-0.3, -0.25) is 0 Å². The zero-order valence-electron chi connectivity index (χ0n) is 11.5. The average Bonchev–Trinajstić information content (AvgIpc) is 2.39. The smallest absolute Gasteiger partial charge is 0.166 e. The first-order valence-electron chi connectivity index (χ1n) is 6.61. The molecule has 0 heterocycles. The summed E-state index contributed by atoms with van der Waals surface area (Å²) in [5, 5.41) is 0. The Balaban J connectivity index is 2.46. The summed E-state index contributed by atoms with van der Waals surface area (Å²) in [6.45, 7) is 4.05. The van der Waals surface area contributed by atoms with Gasteiger partial charge >= 0.3 is 6.18 Å². The van der Waals surface area contributed by atoms with E-state index < -0.39 is 11.7 Å². The Morgan fingerprint density at radius 1 is 0.800 bits per heavy atom. The number of halogens is 3. The van der Waals surface area contributed by atoms with E-state index in [1.54, 1.807) is 6.07 Å². The summed E-state index contributed by atoms with van der Waals surface area (Å²) in [6, 6.07) is 15.3. The highest BCUT2D eigenvalue weighted by molar-refractivity contribution is 5.36. The van der Waals surface area contributed by atoms with Crippen LogP contribution in [0.25, 0.3) is 0 Å². The maximum absolute atomic E-state index is 12.8. The summed E-state index contributed by atoms with van der Waals surface area (Å²) in [6.07, 6.45) is -4.30.